The third-order valence-electron chi connectivity index (χ3n) is 4.95. The van der Waals surface area contributed by atoms with Gasteiger partial charge in [0.25, 0.3) is 0 Å². The Kier molecular flexibility index (Phi) is 4.67. The Balaban J connectivity index is 1.53. The van der Waals surface area contributed by atoms with Crippen molar-refractivity contribution in [2.75, 3.05) is 31.1 Å². The maximum atomic E-state index is 12.5. The molecule has 0 spiro atoms. The zero-order valence-electron chi connectivity index (χ0n) is 13.7. The molecule has 2 amide bonds. The van der Waals surface area contributed by atoms with Gasteiger partial charge in [-0.2, -0.15) is 0 Å². The molecule has 4 nitrogen and oxygen atoms in total. The van der Waals surface area contributed by atoms with Crippen LogP contribution >= 0.6 is 0 Å². The number of urea groups is 1. The van der Waals surface area contributed by atoms with Crippen LogP contribution < -0.4 is 10.2 Å². The Morgan fingerprint density at radius 3 is 2.95 bits per heavy atom. The number of hydrogen-bond acceptors (Lipinski definition) is 2. The third kappa shape index (κ3) is 3.27. The van der Waals surface area contributed by atoms with Gasteiger partial charge in [-0.1, -0.05) is 18.2 Å². The smallest absolute Gasteiger partial charge is 0.321 e. The lowest BCUT2D eigenvalue weighted by Crippen LogP contribution is -2.46. The first-order valence-electron chi connectivity index (χ1n) is 8.52. The molecule has 1 atom stereocenters. The van der Waals surface area contributed by atoms with Gasteiger partial charge in [-0.15, -0.1) is 0 Å². The first kappa shape index (κ1) is 15.3. The summed E-state index contributed by atoms with van der Waals surface area (Å²) in [5, 5.41) is 3.16. The largest absolute Gasteiger partial charge is 0.337 e. The molecule has 22 heavy (non-hydrogen) atoms. The van der Waals surface area contributed by atoms with E-state index in [4.69, 9.17) is 0 Å². The molecule has 1 N–H and O–H groups in total. The normalized spacial score (nSPS) is 22.0. The van der Waals surface area contributed by atoms with Crippen LogP contribution in [0.3, 0.4) is 0 Å². The highest BCUT2D eigenvalue weighted by Gasteiger charge is 2.26. The number of benzene rings is 1. The Morgan fingerprint density at radius 1 is 1.32 bits per heavy atom. The standard InChI is InChI=1S/C18H27N3O/c1-14(2)20-10-5-6-15(13-20)12-19-18(22)21-11-9-16-7-3-4-8-17(16)21/h3-4,7-8,14-15H,5-6,9-13H2,1-2H3,(H,19,22). The summed E-state index contributed by atoms with van der Waals surface area (Å²) in [6.07, 6.45) is 3.43. The SMILES string of the molecule is CC(C)N1CCCC(CNC(=O)N2CCc3ccccc32)C1. The molecule has 1 unspecified atom stereocenters. The molecule has 0 bridgehead atoms. The molecule has 3 rings (SSSR count). The fourth-order valence-corrected chi connectivity index (χ4v) is 3.61. The van der Waals surface area contributed by atoms with Crippen LogP contribution in [0.25, 0.3) is 0 Å². The molecule has 0 saturated carbocycles. The number of anilines is 1. The highest BCUT2D eigenvalue weighted by atomic mass is 16.2. The van der Waals surface area contributed by atoms with Gasteiger partial charge in [0.15, 0.2) is 0 Å². The second-order valence-electron chi connectivity index (χ2n) is 6.81. The summed E-state index contributed by atoms with van der Waals surface area (Å²) < 4.78 is 0. The number of piperidine rings is 1. The minimum absolute atomic E-state index is 0.0617. The van der Waals surface area contributed by atoms with Gasteiger partial charge >= 0.3 is 6.03 Å². The van der Waals surface area contributed by atoms with Crippen molar-refractivity contribution < 1.29 is 4.79 Å². The number of carbonyl (C=O) groups excluding carboxylic acids is 1. The summed E-state index contributed by atoms with van der Waals surface area (Å²) in [5.41, 5.74) is 2.36. The average molecular weight is 301 g/mol. The maximum Gasteiger partial charge on any atom is 0.321 e. The van der Waals surface area contributed by atoms with Crippen molar-refractivity contribution in [3.63, 3.8) is 0 Å². The summed E-state index contributed by atoms with van der Waals surface area (Å²) in [6.45, 7) is 8.40. The van der Waals surface area contributed by atoms with E-state index in [0.717, 1.165) is 31.7 Å². The number of nitrogens with one attached hydrogen (secondary N) is 1. The van der Waals surface area contributed by atoms with Gasteiger partial charge in [-0.3, -0.25) is 4.90 Å². The molecule has 1 saturated heterocycles. The molecule has 120 valence electrons. The van der Waals surface area contributed by atoms with E-state index in [1.807, 2.05) is 23.1 Å². The van der Waals surface area contributed by atoms with Crippen molar-refractivity contribution in [3.05, 3.63) is 29.8 Å². The fourth-order valence-electron chi connectivity index (χ4n) is 3.61. The number of carbonyl (C=O) groups is 1. The molecule has 2 heterocycles. The number of likely N-dealkylation sites (tertiary alicyclic amines) is 1. The molecule has 2 aliphatic heterocycles. The highest BCUT2D eigenvalue weighted by molar-refractivity contribution is 5.94. The second kappa shape index (κ2) is 6.69. The first-order chi connectivity index (χ1) is 10.6. The monoisotopic (exact) mass is 301 g/mol. The Bertz CT molecular complexity index is 529. The zero-order chi connectivity index (χ0) is 15.5. The first-order valence-corrected chi connectivity index (χ1v) is 8.52. The molecule has 2 aliphatic rings. The predicted molar refractivity (Wildman–Crippen MR) is 90.3 cm³/mol. The summed E-state index contributed by atoms with van der Waals surface area (Å²) >= 11 is 0. The molecule has 1 fully saturated rings. The van der Waals surface area contributed by atoms with Gasteiger partial charge in [-0.25, -0.2) is 4.79 Å². The molecule has 1 aromatic carbocycles. The minimum Gasteiger partial charge on any atom is -0.337 e. The fraction of sp³-hybridized carbons (Fsp3) is 0.611. The van der Waals surface area contributed by atoms with Crippen molar-refractivity contribution >= 4 is 11.7 Å². The second-order valence-corrected chi connectivity index (χ2v) is 6.81. The molecule has 4 heteroatoms. The maximum absolute atomic E-state index is 12.5. The molecule has 0 aromatic heterocycles. The summed E-state index contributed by atoms with van der Waals surface area (Å²) in [4.78, 5) is 16.9. The number of amides is 2. The molecule has 0 radical (unpaired) electrons. The van der Waals surface area contributed by atoms with E-state index in [9.17, 15) is 4.79 Å². The number of nitrogens with zero attached hydrogens (tertiary/aromatic N) is 2. The van der Waals surface area contributed by atoms with E-state index in [2.05, 4.69) is 30.1 Å². The van der Waals surface area contributed by atoms with Gasteiger partial charge in [-0.05, 0) is 57.2 Å². The molecule has 0 aliphatic carbocycles. The number of hydrogen-bond donors (Lipinski definition) is 1. The van der Waals surface area contributed by atoms with E-state index in [1.165, 1.54) is 24.9 Å². The van der Waals surface area contributed by atoms with Gasteiger partial charge < -0.3 is 10.2 Å². The lowest BCUT2D eigenvalue weighted by atomic mass is 9.97. The van der Waals surface area contributed by atoms with Crippen LogP contribution in [0.15, 0.2) is 24.3 Å². The minimum atomic E-state index is 0.0617. The topological polar surface area (TPSA) is 35.6 Å². The van der Waals surface area contributed by atoms with Gasteiger partial charge in [0.1, 0.15) is 0 Å². The van der Waals surface area contributed by atoms with Crippen molar-refractivity contribution in [1.82, 2.24) is 10.2 Å². The zero-order valence-corrected chi connectivity index (χ0v) is 13.7. The molecular formula is C18H27N3O. The van der Waals surface area contributed by atoms with Crippen LogP contribution in [0.4, 0.5) is 10.5 Å². The van der Waals surface area contributed by atoms with Crippen LogP contribution in [0.5, 0.6) is 0 Å². The number of para-hydroxylation sites is 1. The van der Waals surface area contributed by atoms with Gasteiger partial charge in [0.05, 0.1) is 0 Å². The van der Waals surface area contributed by atoms with Gasteiger partial charge in [0, 0.05) is 31.4 Å². The quantitative estimate of drug-likeness (QED) is 0.932. The van der Waals surface area contributed by atoms with Crippen molar-refractivity contribution in [1.29, 1.82) is 0 Å². The van der Waals surface area contributed by atoms with E-state index in [0.29, 0.717) is 12.0 Å². The van der Waals surface area contributed by atoms with E-state index in [-0.39, 0.29) is 6.03 Å². The van der Waals surface area contributed by atoms with Crippen LogP contribution in [0, 0.1) is 5.92 Å². The van der Waals surface area contributed by atoms with Crippen LogP contribution in [0.1, 0.15) is 32.3 Å². The van der Waals surface area contributed by atoms with E-state index in [1.54, 1.807) is 0 Å². The summed E-state index contributed by atoms with van der Waals surface area (Å²) in [6, 6.07) is 8.87. The van der Waals surface area contributed by atoms with E-state index >= 15 is 0 Å². The van der Waals surface area contributed by atoms with Crippen LogP contribution in [-0.4, -0.2) is 43.2 Å². The summed E-state index contributed by atoms with van der Waals surface area (Å²) in [7, 11) is 0. The van der Waals surface area contributed by atoms with Crippen LogP contribution in [-0.2, 0) is 6.42 Å². The lowest BCUT2D eigenvalue weighted by molar-refractivity contribution is 0.139. The van der Waals surface area contributed by atoms with E-state index < -0.39 is 0 Å². The Morgan fingerprint density at radius 2 is 2.14 bits per heavy atom. The molecule has 1 aromatic rings. The van der Waals surface area contributed by atoms with Crippen molar-refractivity contribution in [2.24, 2.45) is 5.92 Å². The van der Waals surface area contributed by atoms with Gasteiger partial charge in [0.2, 0.25) is 0 Å². The van der Waals surface area contributed by atoms with Crippen molar-refractivity contribution in [3.8, 4) is 0 Å². The van der Waals surface area contributed by atoms with Crippen molar-refractivity contribution in [2.45, 2.75) is 39.2 Å². The Hall–Kier alpha value is -1.55. The number of fused-ring (bicyclic) bond motifs is 1. The Labute approximate surface area is 133 Å². The van der Waals surface area contributed by atoms with Crippen LogP contribution in [0.2, 0.25) is 0 Å². The third-order valence-corrected chi connectivity index (χ3v) is 4.95. The highest BCUT2D eigenvalue weighted by Crippen LogP contribution is 2.27. The summed E-state index contributed by atoms with van der Waals surface area (Å²) in [5.74, 6) is 0.581. The average Bonchev–Trinajstić information content (AvgIpc) is 2.97. The molecular weight excluding hydrogens is 274 g/mol. The number of rotatable bonds is 3. The lowest BCUT2D eigenvalue weighted by Gasteiger charge is -2.35. The predicted octanol–water partition coefficient (Wildman–Crippen LogP) is 2.88.